The number of benzene rings is 2. The lowest BCUT2D eigenvalue weighted by molar-refractivity contribution is 0.0950. The van der Waals surface area contributed by atoms with Gasteiger partial charge in [-0.25, -0.2) is 0 Å². The normalized spacial score (nSPS) is 10.8. The van der Waals surface area contributed by atoms with Crippen LogP contribution < -0.4 is 5.32 Å². The number of nitrogens with one attached hydrogen (secondary N) is 1. The van der Waals surface area contributed by atoms with Crippen molar-refractivity contribution in [3.63, 3.8) is 0 Å². The third-order valence-corrected chi connectivity index (χ3v) is 4.21. The largest absolute Gasteiger partial charge is 0.513 e. The first-order valence-corrected chi connectivity index (χ1v) is 9.87. The van der Waals surface area contributed by atoms with Crippen LogP contribution in [0.25, 0.3) is 0 Å². The number of allylic oxidation sites excluding steroid dienone is 2. The maximum Gasteiger partial charge on any atom is 0.251 e. The minimum absolute atomic E-state index is 0.133. The van der Waals surface area contributed by atoms with E-state index >= 15 is 0 Å². The van der Waals surface area contributed by atoms with E-state index in [1.165, 1.54) is 5.56 Å². The molecule has 0 radical (unpaired) electrons. The number of aryl methyl sites for hydroxylation is 2. The van der Waals surface area contributed by atoms with E-state index in [1.807, 2.05) is 52.0 Å². The molecule has 0 aromatic heterocycles. The number of amides is 1. The average Bonchev–Trinajstić information content (AvgIpc) is 2.67. The smallest absolute Gasteiger partial charge is 0.251 e. The van der Waals surface area contributed by atoms with Crippen LogP contribution in [0.2, 0.25) is 5.02 Å². The van der Waals surface area contributed by atoms with Crippen LogP contribution in [0.3, 0.4) is 0 Å². The van der Waals surface area contributed by atoms with E-state index in [2.05, 4.69) is 5.32 Å². The summed E-state index contributed by atoms with van der Waals surface area (Å²) in [5, 5.41) is 13.3. The molecule has 0 aliphatic carbocycles. The highest BCUT2D eigenvalue weighted by molar-refractivity contribution is 6.30. The molecule has 0 spiro atoms. The standard InChI is InChI=1S/C21H24ClNO2.C2H6/c1-3-4-19(24)11-9-17-13-18(22)10-12-20(17)21(25)23-14-16-7-5-15(2)6-8-16;1-2/h4-8,10,12-13,24H,3,9,11,14H2,1-2H3,(H,23,25);1-2H3/b19-4+;. The fourth-order valence-corrected chi connectivity index (χ4v) is 2.77. The summed E-state index contributed by atoms with van der Waals surface area (Å²) in [4.78, 5) is 12.6. The van der Waals surface area contributed by atoms with Crippen molar-refractivity contribution in [3.8, 4) is 0 Å². The predicted molar refractivity (Wildman–Crippen MR) is 114 cm³/mol. The highest BCUT2D eigenvalue weighted by Gasteiger charge is 2.12. The second-order valence-corrected chi connectivity index (χ2v) is 6.51. The van der Waals surface area contributed by atoms with Crippen molar-refractivity contribution in [2.45, 2.75) is 53.5 Å². The lowest BCUT2D eigenvalue weighted by Gasteiger charge is -2.11. The molecule has 1 amide bonds. The topological polar surface area (TPSA) is 49.3 Å². The summed E-state index contributed by atoms with van der Waals surface area (Å²) >= 11 is 6.08. The molecular weight excluding hydrogens is 358 g/mol. The van der Waals surface area contributed by atoms with Crippen LogP contribution in [0.1, 0.15) is 60.7 Å². The lowest BCUT2D eigenvalue weighted by atomic mass is 10.0. The Hall–Kier alpha value is -2.26. The molecule has 0 unspecified atom stereocenters. The zero-order valence-corrected chi connectivity index (χ0v) is 17.4. The molecule has 0 bridgehead atoms. The van der Waals surface area contributed by atoms with Gasteiger partial charge < -0.3 is 10.4 Å². The molecule has 2 aromatic rings. The zero-order chi connectivity index (χ0) is 20.2. The molecule has 2 N–H and O–H groups in total. The molecule has 0 aliphatic rings. The Labute approximate surface area is 168 Å². The van der Waals surface area contributed by atoms with Crippen molar-refractivity contribution in [2.24, 2.45) is 0 Å². The Morgan fingerprint density at radius 3 is 2.44 bits per heavy atom. The first kappa shape index (κ1) is 22.8. The van der Waals surface area contributed by atoms with Crippen molar-refractivity contribution in [2.75, 3.05) is 0 Å². The van der Waals surface area contributed by atoms with Crippen molar-refractivity contribution < 1.29 is 9.90 Å². The van der Waals surface area contributed by atoms with Gasteiger partial charge in [0.25, 0.3) is 5.91 Å². The number of hydrogen-bond acceptors (Lipinski definition) is 2. The molecule has 0 heterocycles. The highest BCUT2D eigenvalue weighted by atomic mass is 35.5. The Kier molecular flexibility index (Phi) is 10.3. The van der Waals surface area contributed by atoms with E-state index in [0.717, 1.165) is 17.5 Å². The molecule has 0 atom stereocenters. The molecular formula is C23H30ClNO2. The highest BCUT2D eigenvalue weighted by Crippen LogP contribution is 2.19. The van der Waals surface area contributed by atoms with Crippen LogP contribution in [-0.2, 0) is 13.0 Å². The number of aliphatic hydroxyl groups excluding tert-OH is 1. The quantitative estimate of drug-likeness (QED) is 0.541. The third kappa shape index (κ3) is 7.88. The summed E-state index contributed by atoms with van der Waals surface area (Å²) in [5.74, 6) is 0.208. The van der Waals surface area contributed by atoms with Crippen LogP contribution in [0.5, 0.6) is 0 Å². The average molecular weight is 388 g/mol. The molecule has 0 saturated heterocycles. The molecule has 146 valence electrons. The third-order valence-electron chi connectivity index (χ3n) is 3.98. The van der Waals surface area contributed by atoms with Crippen molar-refractivity contribution in [1.29, 1.82) is 0 Å². The number of halogens is 1. The van der Waals surface area contributed by atoms with Crippen molar-refractivity contribution in [3.05, 3.63) is 81.6 Å². The summed E-state index contributed by atoms with van der Waals surface area (Å²) in [5.41, 5.74) is 3.68. The number of aliphatic hydroxyl groups is 1. The Morgan fingerprint density at radius 1 is 1.15 bits per heavy atom. The molecule has 0 saturated carbocycles. The van der Waals surface area contributed by atoms with Crippen LogP contribution in [0.4, 0.5) is 0 Å². The Morgan fingerprint density at radius 2 is 1.81 bits per heavy atom. The summed E-state index contributed by atoms with van der Waals surface area (Å²) in [6.07, 6.45) is 3.62. The van der Waals surface area contributed by atoms with Gasteiger partial charge in [-0.1, -0.05) is 62.2 Å². The fraction of sp³-hybridized carbons (Fsp3) is 0.348. The fourth-order valence-electron chi connectivity index (χ4n) is 2.57. The van der Waals surface area contributed by atoms with Gasteiger partial charge in [-0.05, 0) is 55.2 Å². The van der Waals surface area contributed by atoms with Gasteiger partial charge in [0.2, 0.25) is 0 Å². The first-order valence-electron chi connectivity index (χ1n) is 9.49. The van der Waals surface area contributed by atoms with E-state index in [9.17, 15) is 9.90 Å². The summed E-state index contributed by atoms with van der Waals surface area (Å²) in [7, 11) is 0. The molecule has 0 aliphatic heterocycles. The molecule has 27 heavy (non-hydrogen) atoms. The van der Waals surface area contributed by atoms with Crippen LogP contribution in [0.15, 0.2) is 54.3 Å². The van der Waals surface area contributed by atoms with Gasteiger partial charge in [-0.2, -0.15) is 0 Å². The maximum atomic E-state index is 12.6. The number of hydrogen-bond donors (Lipinski definition) is 2. The molecule has 4 heteroatoms. The molecule has 2 aromatic carbocycles. The first-order chi connectivity index (χ1) is 13.0. The van der Waals surface area contributed by atoms with Gasteiger partial charge in [0.1, 0.15) is 0 Å². The SMILES string of the molecule is CC.CC/C=C(/O)CCc1cc(Cl)ccc1C(=O)NCc1ccc(C)cc1. The van der Waals surface area contributed by atoms with Gasteiger partial charge in [0.15, 0.2) is 0 Å². The van der Waals surface area contributed by atoms with Crippen LogP contribution >= 0.6 is 11.6 Å². The second kappa shape index (κ2) is 12.2. The van der Waals surface area contributed by atoms with Gasteiger partial charge in [-0.3, -0.25) is 4.79 Å². The lowest BCUT2D eigenvalue weighted by Crippen LogP contribution is -2.24. The van der Waals surface area contributed by atoms with Gasteiger partial charge >= 0.3 is 0 Å². The monoisotopic (exact) mass is 387 g/mol. The van der Waals surface area contributed by atoms with E-state index < -0.39 is 0 Å². The minimum atomic E-state index is -0.133. The number of rotatable bonds is 7. The van der Waals surface area contributed by atoms with Crippen molar-refractivity contribution in [1.82, 2.24) is 5.32 Å². The summed E-state index contributed by atoms with van der Waals surface area (Å²) in [6, 6.07) is 13.3. The minimum Gasteiger partial charge on any atom is -0.513 e. The van der Waals surface area contributed by atoms with E-state index in [1.54, 1.807) is 24.3 Å². The van der Waals surface area contributed by atoms with Gasteiger partial charge in [0.05, 0.1) is 5.76 Å². The number of carbonyl (C=O) groups is 1. The molecule has 2 rings (SSSR count). The second-order valence-electron chi connectivity index (χ2n) is 6.07. The van der Waals surface area contributed by atoms with E-state index in [-0.39, 0.29) is 5.91 Å². The predicted octanol–water partition coefficient (Wildman–Crippen LogP) is 6.39. The summed E-state index contributed by atoms with van der Waals surface area (Å²) < 4.78 is 0. The van der Waals surface area contributed by atoms with Crippen molar-refractivity contribution >= 4 is 17.5 Å². The van der Waals surface area contributed by atoms with E-state index in [4.69, 9.17) is 11.6 Å². The zero-order valence-electron chi connectivity index (χ0n) is 16.7. The van der Waals surface area contributed by atoms with Crippen LogP contribution in [0, 0.1) is 6.92 Å². The Balaban J connectivity index is 0.00000176. The molecule has 0 fully saturated rings. The number of carbonyl (C=O) groups excluding carboxylic acids is 1. The maximum absolute atomic E-state index is 12.6. The van der Waals surface area contributed by atoms with Gasteiger partial charge in [-0.15, -0.1) is 0 Å². The van der Waals surface area contributed by atoms with E-state index in [0.29, 0.717) is 35.7 Å². The molecule has 3 nitrogen and oxygen atoms in total. The van der Waals surface area contributed by atoms with Gasteiger partial charge in [0, 0.05) is 23.6 Å². The van der Waals surface area contributed by atoms with Crippen LogP contribution in [-0.4, -0.2) is 11.0 Å². The summed E-state index contributed by atoms with van der Waals surface area (Å²) in [6.45, 7) is 8.48. The Bertz CT molecular complexity index is 751.